The van der Waals surface area contributed by atoms with Crippen LogP contribution in [0.1, 0.15) is 30.5 Å². The van der Waals surface area contributed by atoms with Gasteiger partial charge in [-0.05, 0) is 25.5 Å². The Labute approximate surface area is 110 Å². The molecule has 18 heavy (non-hydrogen) atoms. The molecule has 100 valence electrons. The number of hydrogen-bond donors (Lipinski definition) is 1. The molecule has 1 aliphatic rings. The van der Waals surface area contributed by atoms with Crippen molar-refractivity contribution in [1.82, 2.24) is 4.90 Å². The molecule has 0 bridgehead atoms. The molecule has 1 aromatic carbocycles. The van der Waals surface area contributed by atoms with Gasteiger partial charge in [0.25, 0.3) is 0 Å². The van der Waals surface area contributed by atoms with E-state index in [1.807, 2.05) is 0 Å². The summed E-state index contributed by atoms with van der Waals surface area (Å²) in [4.78, 5) is 2.45. The van der Waals surface area contributed by atoms with Crippen LogP contribution in [0.15, 0.2) is 24.3 Å². The van der Waals surface area contributed by atoms with Crippen molar-refractivity contribution in [1.29, 1.82) is 0 Å². The summed E-state index contributed by atoms with van der Waals surface area (Å²) < 4.78 is 5.84. The predicted octanol–water partition coefficient (Wildman–Crippen LogP) is 2.11. The Morgan fingerprint density at radius 3 is 3.06 bits per heavy atom. The van der Waals surface area contributed by atoms with Gasteiger partial charge in [-0.2, -0.15) is 0 Å². The molecule has 0 spiro atoms. The van der Waals surface area contributed by atoms with E-state index in [-0.39, 0.29) is 12.1 Å². The Morgan fingerprint density at radius 2 is 2.33 bits per heavy atom. The molecule has 1 fully saturated rings. The van der Waals surface area contributed by atoms with Gasteiger partial charge in [0, 0.05) is 13.1 Å². The highest BCUT2D eigenvalue weighted by Gasteiger charge is 2.26. The van der Waals surface area contributed by atoms with Crippen LogP contribution in [0.3, 0.4) is 0 Å². The lowest BCUT2D eigenvalue weighted by Crippen LogP contribution is -2.47. The van der Waals surface area contributed by atoms with E-state index < -0.39 is 0 Å². The van der Waals surface area contributed by atoms with Crippen LogP contribution in [0.5, 0.6) is 0 Å². The van der Waals surface area contributed by atoms with E-state index in [1.54, 1.807) is 0 Å². The fraction of sp³-hybridized carbons (Fsp3) is 0.600. The molecule has 0 aliphatic carbocycles. The summed E-state index contributed by atoms with van der Waals surface area (Å²) in [5.74, 6) is 0. The number of rotatable bonds is 4. The zero-order valence-corrected chi connectivity index (χ0v) is 11.4. The van der Waals surface area contributed by atoms with Gasteiger partial charge in [-0.25, -0.2) is 0 Å². The van der Waals surface area contributed by atoms with Crippen LogP contribution < -0.4 is 5.73 Å². The quantitative estimate of drug-likeness (QED) is 0.887. The number of morpholine rings is 1. The number of nitrogens with two attached hydrogens (primary N) is 1. The van der Waals surface area contributed by atoms with Gasteiger partial charge in [-0.15, -0.1) is 0 Å². The lowest BCUT2D eigenvalue weighted by molar-refractivity contribution is -0.0408. The van der Waals surface area contributed by atoms with E-state index in [1.165, 1.54) is 17.5 Å². The first-order valence-electron chi connectivity index (χ1n) is 6.87. The van der Waals surface area contributed by atoms with E-state index in [2.05, 4.69) is 43.0 Å². The summed E-state index contributed by atoms with van der Waals surface area (Å²) in [5.41, 5.74) is 8.78. The van der Waals surface area contributed by atoms with Crippen LogP contribution in [0.25, 0.3) is 0 Å². The lowest BCUT2D eigenvalue weighted by atomic mass is 9.99. The third kappa shape index (κ3) is 3.31. The second-order valence-corrected chi connectivity index (χ2v) is 5.15. The van der Waals surface area contributed by atoms with Crippen molar-refractivity contribution in [3.8, 4) is 0 Å². The second kappa shape index (κ2) is 6.32. The molecule has 1 aliphatic heterocycles. The Morgan fingerprint density at radius 1 is 1.50 bits per heavy atom. The van der Waals surface area contributed by atoms with Gasteiger partial charge in [-0.3, -0.25) is 4.90 Å². The molecule has 1 heterocycles. The van der Waals surface area contributed by atoms with Crippen LogP contribution in [0.2, 0.25) is 0 Å². The fourth-order valence-corrected chi connectivity index (χ4v) is 2.56. The van der Waals surface area contributed by atoms with Crippen LogP contribution >= 0.6 is 0 Å². The standard InChI is InChI=1S/C15H24N2O/c1-3-7-17-8-9-18-14(11-17)15(16)13-6-4-5-12(2)10-13/h4-6,10,14-15H,3,7-9,11,16H2,1-2H3. The maximum atomic E-state index is 6.35. The zero-order chi connectivity index (χ0) is 13.0. The lowest BCUT2D eigenvalue weighted by Gasteiger charge is -2.35. The number of nitrogens with zero attached hydrogens (tertiary/aromatic N) is 1. The maximum absolute atomic E-state index is 6.35. The first-order chi connectivity index (χ1) is 8.70. The minimum absolute atomic E-state index is 0.0236. The molecular weight excluding hydrogens is 224 g/mol. The molecule has 3 nitrogen and oxygen atoms in total. The van der Waals surface area contributed by atoms with Gasteiger partial charge >= 0.3 is 0 Å². The van der Waals surface area contributed by atoms with E-state index in [9.17, 15) is 0 Å². The number of aryl methyl sites for hydroxylation is 1. The van der Waals surface area contributed by atoms with E-state index in [0.29, 0.717) is 0 Å². The van der Waals surface area contributed by atoms with Gasteiger partial charge < -0.3 is 10.5 Å². The number of benzene rings is 1. The molecule has 2 atom stereocenters. The predicted molar refractivity (Wildman–Crippen MR) is 74.6 cm³/mol. The number of hydrogen-bond acceptors (Lipinski definition) is 3. The Balaban J connectivity index is 2.02. The summed E-state index contributed by atoms with van der Waals surface area (Å²) in [6.07, 6.45) is 1.30. The van der Waals surface area contributed by atoms with E-state index >= 15 is 0 Å². The van der Waals surface area contributed by atoms with Gasteiger partial charge in [-0.1, -0.05) is 36.8 Å². The average molecular weight is 248 g/mol. The second-order valence-electron chi connectivity index (χ2n) is 5.15. The summed E-state index contributed by atoms with van der Waals surface area (Å²) >= 11 is 0. The SMILES string of the molecule is CCCN1CCOC(C(N)c2cccc(C)c2)C1. The largest absolute Gasteiger partial charge is 0.374 e. The third-order valence-electron chi connectivity index (χ3n) is 3.54. The minimum atomic E-state index is -0.0236. The fourth-order valence-electron chi connectivity index (χ4n) is 2.56. The van der Waals surface area contributed by atoms with Crippen LogP contribution in [-0.2, 0) is 4.74 Å². The van der Waals surface area contributed by atoms with E-state index in [4.69, 9.17) is 10.5 Å². The molecule has 1 saturated heterocycles. The van der Waals surface area contributed by atoms with E-state index in [0.717, 1.165) is 26.2 Å². The molecule has 1 aromatic rings. The normalized spacial score (nSPS) is 22.9. The minimum Gasteiger partial charge on any atom is -0.374 e. The molecule has 0 amide bonds. The van der Waals surface area contributed by atoms with Gasteiger partial charge in [0.1, 0.15) is 0 Å². The molecule has 2 N–H and O–H groups in total. The Kier molecular flexibility index (Phi) is 4.75. The smallest absolute Gasteiger partial charge is 0.0894 e. The summed E-state index contributed by atoms with van der Waals surface area (Å²) in [5, 5.41) is 0. The third-order valence-corrected chi connectivity index (χ3v) is 3.54. The molecular formula is C15H24N2O. The van der Waals surface area contributed by atoms with Crippen molar-refractivity contribution in [3.63, 3.8) is 0 Å². The molecule has 3 heteroatoms. The van der Waals surface area contributed by atoms with Crippen LogP contribution in [0, 0.1) is 6.92 Å². The van der Waals surface area contributed by atoms with Crippen LogP contribution in [0.4, 0.5) is 0 Å². The zero-order valence-electron chi connectivity index (χ0n) is 11.4. The highest BCUT2D eigenvalue weighted by Crippen LogP contribution is 2.21. The summed E-state index contributed by atoms with van der Waals surface area (Å²) in [6, 6.07) is 8.40. The van der Waals surface area contributed by atoms with Crippen molar-refractivity contribution in [2.24, 2.45) is 5.73 Å². The molecule has 0 saturated carbocycles. The Hall–Kier alpha value is -0.900. The summed E-state index contributed by atoms with van der Waals surface area (Å²) in [6.45, 7) is 8.23. The molecule has 2 rings (SSSR count). The molecule has 0 radical (unpaired) electrons. The number of ether oxygens (including phenoxy) is 1. The first kappa shape index (κ1) is 13.5. The van der Waals surface area contributed by atoms with Crippen molar-refractivity contribution >= 4 is 0 Å². The van der Waals surface area contributed by atoms with Gasteiger partial charge in [0.15, 0.2) is 0 Å². The van der Waals surface area contributed by atoms with Gasteiger partial charge in [0.05, 0.1) is 18.8 Å². The van der Waals surface area contributed by atoms with Crippen molar-refractivity contribution in [3.05, 3.63) is 35.4 Å². The van der Waals surface area contributed by atoms with Crippen molar-refractivity contribution in [2.45, 2.75) is 32.4 Å². The average Bonchev–Trinajstić information content (AvgIpc) is 2.39. The topological polar surface area (TPSA) is 38.5 Å². The summed E-state index contributed by atoms with van der Waals surface area (Å²) in [7, 11) is 0. The van der Waals surface area contributed by atoms with Gasteiger partial charge in [0.2, 0.25) is 0 Å². The molecule has 0 aromatic heterocycles. The highest BCUT2D eigenvalue weighted by atomic mass is 16.5. The van der Waals surface area contributed by atoms with Crippen molar-refractivity contribution in [2.75, 3.05) is 26.2 Å². The highest BCUT2D eigenvalue weighted by molar-refractivity contribution is 5.25. The first-order valence-corrected chi connectivity index (χ1v) is 6.87. The maximum Gasteiger partial charge on any atom is 0.0894 e. The Bertz CT molecular complexity index is 379. The molecule has 2 unspecified atom stereocenters. The van der Waals surface area contributed by atoms with Crippen molar-refractivity contribution < 1.29 is 4.74 Å². The van der Waals surface area contributed by atoms with Crippen LogP contribution in [-0.4, -0.2) is 37.2 Å². The monoisotopic (exact) mass is 248 g/mol.